The molecule has 1 rings (SSSR count). The molecule has 0 bridgehead atoms. The fourth-order valence-corrected chi connectivity index (χ4v) is 3.92. The Morgan fingerprint density at radius 2 is 1.90 bits per heavy atom. The first-order valence-electron chi connectivity index (χ1n) is 6.78. The Morgan fingerprint density at radius 3 is 2.38 bits per heavy atom. The number of benzene rings is 1. The minimum Gasteiger partial charge on any atom is -0.328 e. The highest BCUT2D eigenvalue weighted by atomic mass is 35.5. The molecule has 0 spiro atoms. The van der Waals surface area contributed by atoms with Crippen molar-refractivity contribution >= 4 is 19.0 Å². The van der Waals surface area contributed by atoms with Crippen LogP contribution in [0.1, 0.15) is 25.3 Å². The first-order valence-corrected chi connectivity index (χ1v) is 9.41. The molecule has 2 atom stereocenters. The van der Waals surface area contributed by atoms with Crippen molar-refractivity contribution in [3.05, 3.63) is 45.0 Å². The van der Waals surface area contributed by atoms with Gasteiger partial charge in [-0.05, 0) is 23.6 Å². The van der Waals surface area contributed by atoms with Crippen molar-refractivity contribution in [2.45, 2.75) is 19.8 Å². The summed E-state index contributed by atoms with van der Waals surface area (Å²) in [5.74, 6) is -0.178. The number of hydrogen-bond donors (Lipinski definition) is 0. The molecule has 5 nitrogen and oxygen atoms in total. The van der Waals surface area contributed by atoms with Gasteiger partial charge in [0.2, 0.25) is 13.9 Å². The van der Waals surface area contributed by atoms with Crippen LogP contribution in [0.3, 0.4) is 0 Å². The minimum atomic E-state index is -2.87. The van der Waals surface area contributed by atoms with Crippen LogP contribution in [0.15, 0.2) is 24.3 Å². The van der Waals surface area contributed by atoms with Crippen molar-refractivity contribution in [2.24, 2.45) is 5.92 Å². The van der Waals surface area contributed by atoms with Crippen molar-refractivity contribution in [1.29, 1.82) is 0 Å². The Balaban J connectivity index is 2.85. The average Bonchev–Trinajstić information content (AvgIpc) is 2.36. The van der Waals surface area contributed by atoms with Gasteiger partial charge in [-0.1, -0.05) is 37.6 Å². The molecular weight excluding hydrogens is 313 g/mol. The summed E-state index contributed by atoms with van der Waals surface area (Å²) < 4.78 is 17.9. The van der Waals surface area contributed by atoms with Gasteiger partial charge in [-0.2, -0.15) is 0 Å². The van der Waals surface area contributed by atoms with Crippen molar-refractivity contribution in [1.82, 2.24) is 0 Å². The smallest absolute Gasteiger partial charge is 0.211 e. The molecule has 2 unspecified atom stereocenters. The van der Waals surface area contributed by atoms with Crippen LogP contribution < -0.4 is 0 Å². The third-order valence-electron chi connectivity index (χ3n) is 2.94. The first kappa shape index (κ1) is 18.1. The maximum absolute atomic E-state index is 12.5. The van der Waals surface area contributed by atoms with Gasteiger partial charge in [0.05, 0.1) is 12.5 Å². The van der Waals surface area contributed by atoms with Gasteiger partial charge in [0.1, 0.15) is 0 Å². The molecule has 0 aromatic heterocycles. The molecule has 0 radical (unpaired) electrons. The van der Waals surface area contributed by atoms with Gasteiger partial charge in [0, 0.05) is 22.8 Å². The zero-order valence-corrected chi connectivity index (χ0v) is 14.1. The quantitative estimate of drug-likeness (QED) is 0.404. The summed E-state index contributed by atoms with van der Waals surface area (Å²) in [4.78, 5) is 10.5. The molecule has 7 heteroatoms. The van der Waals surface area contributed by atoms with Crippen LogP contribution >= 0.6 is 19.0 Å². The van der Waals surface area contributed by atoms with E-state index in [1.165, 1.54) is 6.66 Å². The number of halogens is 1. The Labute approximate surface area is 130 Å². The van der Waals surface area contributed by atoms with Crippen LogP contribution in [0.4, 0.5) is 0 Å². The zero-order valence-electron chi connectivity index (χ0n) is 12.5. The third kappa shape index (κ3) is 7.07. The molecule has 0 aliphatic rings. The highest BCUT2D eigenvalue weighted by molar-refractivity contribution is 7.58. The highest BCUT2D eigenvalue weighted by Gasteiger charge is 2.27. The van der Waals surface area contributed by atoms with Crippen LogP contribution in [-0.2, 0) is 9.09 Å². The van der Waals surface area contributed by atoms with Gasteiger partial charge in [0.25, 0.3) is 0 Å². The largest absolute Gasteiger partial charge is 0.328 e. The Morgan fingerprint density at radius 1 is 1.33 bits per heavy atom. The van der Waals surface area contributed by atoms with E-state index in [1.54, 1.807) is 24.3 Å². The van der Waals surface area contributed by atoms with Gasteiger partial charge in [-0.3, -0.25) is 14.7 Å². The molecule has 0 amide bonds. The molecular formula is C14H21ClNO4P. The van der Waals surface area contributed by atoms with E-state index in [2.05, 4.69) is 0 Å². The standard InChI is InChI=1S/C14H21ClNO4P/c1-11(2)9-20-21(3,19)10-13(8-16(17)18)12-4-6-14(15)7-5-12/h4-7,11,13H,8-10H2,1-3H3. The molecule has 21 heavy (non-hydrogen) atoms. The molecule has 118 valence electrons. The van der Waals surface area contributed by atoms with Gasteiger partial charge >= 0.3 is 0 Å². The molecule has 0 saturated heterocycles. The lowest BCUT2D eigenvalue weighted by Crippen LogP contribution is -2.17. The SMILES string of the molecule is CC(C)COP(C)(=O)CC(C[N+](=O)[O-])c1ccc(Cl)cc1. The topological polar surface area (TPSA) is 69.4 Å². The first-order chi connectivity index (χ1) is 9.69. The van der Waals surface area contributed by atoms with Crippen LogP contribution in [0, 0.1) is 16.0 Å². The molecule has 0 aliphatic carbocycles. The Kier molecular flexibility index (Phi) is 6.85. The fraction of sp³-hybridized carbons (Fsp3) is 0.571. The summed E-state index contributed by atoms with van der Waals surface area (Å²) in [6.07, 6.45) is 0.155. The van der Waals surface area contributed by atoms with Gasteiger partial charge in [-0.25, -0.2) is 0 Å². The van der Waals surface area contributed by atoms with E-state index in [0.717, 1.165) is 5.56 Å². The number of nitro groups is 1. The Hall–Kier alpha value is -0.900. The maximum Gasteiger partial charge on any atom is 0.211 e. The van der Waals surface area contributed by atoms with Gasteiger partial charge < -0.3 is 4.52 Å². The molecule has 1 aromatic carbocycles. The molecule has 0 saturated carbocycles. The maximum atomic E-state index is 12.5. The fourth-order valence-electron chi connectivity index (χ4n) is 1.94. The molecule has 0 heterocycles. The van der Waals surface area contributed by atoms with Crippen molar-refractivity contribution in [3.63, 3.8) is 0 Å². The van der Waals surface area contributed by atoms with E-state index < -0.39 is 13.3 Å². The predicted molar refractivity (Wildman–Crippen MR) is 85.2 cm³/mol. The van der Waals surface area contributed by atoms with Gasteiger partial charge in [-0.15, -0.1) is 0 Å². The monoisotopic (exact) mass is 333 g/mol. The lowest BCUT2D eigenvalue weighted by molar-refractivity contribution is -0.482. The van der Waals surface area contributed by atoms with E-state index in [-0.39, 0.29) is 23.5 Å². The van der Waals surface area contributed by atoms with Crippen LogP contribution in [0.5, 0.6) is 0 Å². The molecule has 0 N–H and O–H groups in total. The van der Waals surface area contributed by atoms with E-state index >= 15 is 0 Å². The summed E-state index contributed by atoms with van der Waals surface area (Å²) in [5, 5.41) is 11.4. The highest BCUT2D eigenvalue weighted by Crippen LogP contribution is 2.46. The third-order valence-corrected chi connectivity index (χ3v) is 5.00. The van der Waals surface area contributed by atoms with E-state index in [1.807, 2.05) is 13.8 Å². The normalized spacial score (nSPS) is 15.7. The summed E-state index contributed by atoms with van der Waals surface area (Å²) >= 11 is 5.83. The van der Waals surface area contributed by atoms with Gasteiger partial charge in [0.15, 0.2) is 0 Å². The van der Waals surface area contributed by atoms with Crippen LogP contribution in [-0.4, -0.2) is 30.9 Å². The van der Waals surface area contributed by atoms with Crippen molar-refractivity contribution in [3.8, 4) is 0 Å². The van der Waals surface area contributed by atoms with Crippen LogP contribution in [0.25, 0.3) is 0 Å². The molecule has 1 aromatic rings. The van der Waals surface area contributed by atoms with Crippen molar-refractivity contribution < 1.29 is 14.0 Å². The van der Waals surface area contributed by atoms with E-state index in [9.17, 15) is 14.7 Å². The lowest BCUT2D eigenvalue weighted by atomic mass is 10.0. The second kappa shape index (κ2) is 7.92. The lowest BCUT2D eigenvalue weighted by Gasteiger charge is -2.20. The van der Waals surface area contributed by atoms with E-state index in [0.29, 0.717) is 11.6 Å². The number of nitrogens with zero attached hydrogens (tertiary/aromatic N) is 1. The Bertz CT molecular complexity index is 518. The van der Waals surface area contributed by atoms with E-state index in [4.69, 9.17) is 16.1 Å². The molecule has 0 aliphatic heterocycles. The number of rotatable bonds is 8. The summed E-state index contributed by atoms with van der Waals surface area (Å²) in [6.45, 7) is 5.59. The zero-order chi connectivity index (χ0) is 16.0. The summed E-state index contributed by atoms with van der Waals surface area (Å²) in [5.41, 5.74) is 0.756. The predicted octanol–water partition coefficient (Wildman–Crippen LogP) is 4.28. The minimum absolute atomic E-state index is 0.155. The van der Waals surface area contributed by atoms with Crippen molar-refractivity contribution in [2.75, 3.05) is 26.0 Å². The molecule has 0 fully saturated rings. The average molecular weight is 334 g/mol. The summed E-state index contributed by atoms with van der Waals surface area (Å²) in [7, 11) is -2.87. The second-order valence-corrected chi connectivity index (χ2v) is 8.74. The van der Waals surface area contributed by atoms with Crippen LogP contribution in [0.2, 0.25) is 5.02 Å². The second-order valence-electron chi connectivity index (χ2n) is 5.65. The number of hydrogen-bond acceptors (Lipinski definition) is 4. The summed E-state index contributed by atoms with van der Waals surface area (Å²) in [6, 6.07) is 6.83.